The summed E-state index contributed by atoms with van der Waals surface area (Å²) in [5, 5.41) is 5.98. The molecule has 1 aromatic heterocycles. The number of anilines is 1. The van der Waals surface area contributed by atoms with E-state index in [4.69, 9.17) is 0 Å². The van der Waals surface area contributed by atoms with Crippen LogP contribution in [0.1, 0.15) is 31.4 Å². The molecule has 0 spiro atoms. The third-order valence-corrected chi connectivity index (χ3v) is 4.05. The molecular formula is C14H22F2N4O. The van der Waals surface area contributed by atoms with Crippen LogP contribution in [-0.4, -0.2) is 35.0 Å². The molecule has 2 N–H and O–H groups in total. The standard InChI is InChI=1S/C14H22F2N4O/c1-9-13(20(8-18-9)7-12(15)16)19-14(21)10-4-3-5-11(6-10)17-2/h8,10-12,17H,3-7H2,1-2H3,(H,19,21). The quantitative estimate of drug-likeness (QED) is 0.876. The second kappa shape index (κ2) is 6.98. The second-order valence-electron chi connectivity index (χ2n) is 5.56. The van der Waals surface area contributed by atoms with Crippen molar-refractivity contribution in [2.45, 2.75) is 51.6 Å². The zero-order chi connectivity index (χ0) is 15.4. The highest BCUT2D eigenvalue weighted by Crippen LogP contribution is 2.26. The van der Waals surface area contributed by atoms with E-state index in [2.05, 4.69) is 15.6 Å². The van der Waals surface area contributed by atoms with Gasteiger partial charge in [0, 0.05) is 12.0 Å². The van der Waals surface area contributed by atoms with Gasteiger partial charge in [-0.3, -0.25) is 4.79 Å². The molecule has 21 heavy (non-hydrogen) atoms. The molecule has 1 aliphatic carbocycles. The van der Waals surface area contributed by atoms with Crippen molar-refractivity contribution < 1.29 is 13.6 Å². The van der Waals surface area contributed by atoms with E-state index in [1.165, 1.54) is 10.9 Å². The number of carbonyl (C=O) groups excluding carboxylic acids is 1. The first-order valence-corrected chi connectivity index (χ1v) is 7.29. The summed E-state index contributed by atoms with van der Waals surface area (Å²) in [5.74, 6) is 0.200. The molecule has 5 nitrogen and oxygen atoms in total. The summed E-state index contributed by atoms with van der Waals surface area (Å²) >= 11 is 0. The number of hydrogen-bond acceptors (Lipinski definition) is 3. The molecule has 0 aliphatic heterocycles. The van der Waals surface area contributed by atoms with Crippen LogP contribution in [0.5, 0.6) is 0 Å². The fourth-order valence-electron chi connectivity index (χ4n) is 2.84. The lowest BCUT2D eigenvalue weighted by molar-refractivity contribution is -0.121. The fourth-order valence-corrected chi connectivity index (χ4v) is 2.84. The van der Waals surface area contributed by atoms with Crippen LogP contribution in [-0.2, 0) is 11.3 Å². The first-order chi connectivity index (χ1) is 10.0. The highest BCUT2D eigenvalue weighted by molar-refractivity contribution is 5.92. The summed E-state index contributed by atoms with van der Waals surface area (Å²) in [7, 11) is 1.90. The van der Waals surface area contributed by atoms with Crippen LogP contribution in [0.4, 0.5) is 14.6 Å². The average Bonchev–Trinajstić information content (AvgIpc) is 2.79. The van der Waals surface area contributed by atoms with E-state index >= 15 is 0 Å². The minimum atomic E-state index is -2.47. The number of carbonyl (C=O) groups is 1. The van der Waals surface area contributed by atoms with Crippen molar-refractivity contribution >= 4 is 11.7 Å². The van der Waals surface area contributed by atoms with Gasteiger partial charge in [-0.15, -0.1) is 0 Å². The van der Waals surface area contributed by atoms with Gasteiger partial charge < -0.3 is 15.2 Å². The molecule has 7 heteroatoms. The van der Waals surface area contributed by atoms with E-state index in [-0.39, 0.29) is 11.8 Å². The molecule has 1 aliphatic rings. The van der Waals surface area contributed by atoms with Crippen molar-refractivity contribution in [3.8, 4) is 0 Å². The Morgan fingerprint density at radius 2 is 2.29 bits per heavy atom. The molecule has 1 aromatic rings. The molecule has 1 fully saturated rings. The smallest absolute Gasteiger partial charge is 0.256 e. The van der Waals surface area contributed by atoms with Crippen molar-refractivity contribution in [3.05, 3.63) is 12.0 Å². The van der Waals surface area contributed by atoms with Crippen molar-refractivity contribution in [3.63, 3.8) is 0 Å². The van der Waals surface area contributed by atoms with Crippen molar-refractivity contribution in [1.29, 1.82) is 0 Å². The first-order valence-electron chi connectivity index (χ1n) is 7.29. The molecule has 0 saturated heterocycles. The molecular weight excluding hydrogens is 278 g/mol. The van der Waals surface area contributed by atoms with E-state index in [0.717, 1.165) is 25.7 Å². The minimum Gasteiger partial charge on any atom is -0.317 e. The number of amides is 1. The summed E-state index contributed by atoms with van der Waals surface area (Å²) < 4.78 is 26.4. The largest absolute Gasteiger partial charge is 0.317 e. The van der Waals surface area contributed by atoms with Crippen LogP contribution in [0.15, 0.2) is 6.33 Å². The lowest BCUT2D eigenvalue weighted by Gasteiger charge is -2.28. The maximum atomic E-state index is 12.5. The van der Waals surface area contributed by atoms with Gasteiger partial charge in [-0.1, -0.05) is 6.42 Å². The normalized spacial score (nSPS) is 22.5. The Balaban J connectivity index is 2.03. The molecule has 1 amide bonds. The molecule has 0 aromatic carbocycles. The number of nitrogens with zero attached hydrogens (tertiary/aromatic N) is 2. The second-order valence-corrected chi connectivity index (χ2v) is 5.56. The highest BCUT2D eigenvalue weighted by Gasteiger charge is 2.27. The van der Waals surface area contributed by atoms with Gasteiger partial charge >= 0.3 is 0 Å². The molecule has 2 atom stereocenters. The van der Waals surface area contributed by atoms with Gasteiger partial charge in [0.15, 0.2) is 0 Å². The van der Waals surface area contributed by atoms with E-state index in [0.29, 0.717) is 17.6 Å². The zero-order valence-corrected chi connectivity index (χ0v) is 12.4. The van der Waals surface area contributed by atoms with Gasteiger partial charge in [0.25, 0.3) is 6.43 Å². The number of imidazole rings is 1. The van der Waals surface area contributed by atoms with Crippen LogP contribution in [0.2, 0.25) is 0 Å². The number of aromatic nitrogens is 2. The zero-order valence-electron chi connectivity index (χ0n) is 12.4. The van der Waals surface area contributed by atoms with Crippen LogP contribution >= 0.6 is 0 Å². The predicted molar refractivity (Wildman–Crippen MR) is 76.4 cm³/mol. The number of alkyl halides is 2. The van der Waals surface area contributed by atoms with Crippen molar-refractivity contribution in [2.24, 2.45) is 5.92 Å². The SMILES string of the molecule is CNC1CCCC(C(=O)Nc2c(C)ncn2CC(F)F)C1. The number of rotatable bonds is 5. The monoisotopic (exact) mass is 300 g/mol. The van der Waals surface area contributed by atoms with E-state index < -0.39 is 13.0 Å². The number of halogens is 2. The van der Waals surface area contributed by atoms with Gasteiger partial charge in [0.05, 0.1) is 18.6 Å². The van der Waals surface area contributed by atoms with Gasteiger partial charge in [-0.05, 0) is 33.2 Å². The van der Waals surface area contributed by atoms with Crippen molar-refractivity contribution in [2.75, 3.05) is 12.4 Å². The van der Waals surface area contributed by atoms with Gasteiger partial charge in [0.2, 0.25) is 5.91 Å². The first kappa shape index (κ1) is 15.9. The Bertz CT molecular complexity index is 489. The van der Waals surface area contributed by atoms with Crippen molar-refractivity contribution in [1.82, 2.24) is 14.9 Å². The third kappa shape index (κ3) is 4.00. The Morgan fingerprint density at radius 1 is 1.52 bits per heavy atom. The Kier molecular flexibility index (Phi) is 5.27. The summed E-state index contributed by atoms with van der Waals surface area (Å²) in [5.41, 5.74) is 0.560. The summed E-state index contributed by atoms with van der Waals surface area (Å²) in [6.07, 6.45) is 2.56. The van der Waals surface area contributed by atoms with E-state index in [9.17, 15) is 13.6 Å². The summed E-state index contributed by atoms with van der Waals surface area (Å²) in [6.45, 7) is 1.25. The van der Waals surface area contributed by atoms with Gasteiger partial charge in [0.1, 0.15) is 5.82 Å². The molecule has 0 radical (unpaired) electrons. The molecule has 2 rings (SSSR count). The molecule has 118 valence electrons. The molecule has 2 unspecified atom stereocenters. The molecule has 0 bridgehead atoms. The van der Waals surface area contributed by atoms with Gasteiger partial charge in [-0.25, -0.2) is 13.8 Å². The average molecular weight is 300 g/mol. The van der Waals surface area contributed by atoms with E-state index in [1.807, 2.05) is 7.05 Å². The van der Waals surface area contributed by atoms with Crippen LogP contribution in [0.25, 0.3) is 0 Å². The summed E-state index contributed by atoms with van der Waals surface area (Å²) in [4.78, 5) is 16.4. The topological polar surface area (TPSA) is 59.0 Å². The highest BCUT2D eigenvalue weighted by atomic mass is 19.3. The number of aryl methyl sites for hydroxylation is 1. The lowest BCUT2D eigenvalue weighted by atomic mass is 9.85. The predicted octanol–water partition coefficient (Wildman–Crippen LogP) is 2.17. The Hall–Kier alpha value is -1.50. The van der Waals surface area contributed by atoms with E-state index in [1.54, 1.807) is 6.92 Å². The van der Waals surface area contributed by atoms with Crippen LogP contribution in [0.3, 0.4) is 0 Å². The fraction of sp³-hybridized carbons (Fsp3) is 0.714. The Labute approximate surface area is 123 Å². The summed E-state index contributed by atoms with van der Waals surface area (Å²) in [6, 6.07) is 0.349. The minimum absolute atomic E-state index is 0.0782. The van der Waals surface area contributed by atoms with Gasteiger partial charge in [-0.2, -0.15) is 0 Å². The van der Waals surface area contributed by atoms with Crippen LogP contribution in [0, 0.1) is 12.8 Å². The Morgan fingerprint density at radius 3 is 2.95 bits per heavy atom. The molecule has 1 saturated carbocycles. The lowest BCUT2D eigenvalue weighted by Crippen LogP contribution is -2.36. The maximum absolute atomic E-state index is 12.5. The number of hydrogen-bond donors (Lipinski definition) is 2. The molecule has 1 heterocycles. The third-order valence-electron chi connectivity index (χ3n) is 4.05. The maximum Gasteiger partial charge on any atom is 0.256 e. The van der Waals surface area contributed by atoms with Crippen LogP contribution < -0.4 is 10.6 Å². The number of nitrogens with one attached hydrogen (secondary N) is 2.